The van der Waals surface area contributed by atoms with Crippen LogP contribution in [0, 0.1) is 13.8 Å². The Bertz CT molecular complexity index is 956. The molecule has 4 rings (SSSR count). The van der Waals surface area contributed by atoms with Crippen molar-refractivity contribution in [1.29, 1.82) is 0 Å². The first-order valence-electron chi connectivity index (χ1n) is 9.57. The molecule has 0 radical (unpaired) electrons. The molecule has 0 spiro atoms. The van der Waals surface area contributed by atoms with Gasteiger partial charge in [-0.25, -0.2) is 9.97 Å². The standard InChI is InChI=1S/C21H25N5O2/c1-15-12-23-16(2)20(24-15)17-10-18-13-25(5-3-6-26-7-4-22-14-26)8-9-28-21(18)19(27)11-17/h4,7,10-12,14,27H,3,5-6,8-9,13H2,1-2H3. The second-order valence-corrected chi connectivity index (χ2v) is 7.21. The molecule has 2 aromatic heterocycles. The van der Waals surface area contributed by atoms with E-state index in [4.69, 9.17) is 4.74 Å². The zero-order chi connectivity index (χ0) is 19.5. The van der Waals surface area contributed by atoms with Gasteiger partial charge >= 0.3 is 0 Å². The number of hydrogen-bond acceptors (Lipinski definition) is 6. The smallest absolute Gasteiger partial charge is 0.165 e. The first-order chi connectivity index (χ1) is 13.6. The van der Waals surface area contributed by atoms with Gasteiger partial charge in [-0.15, -0.1) is 0 Å². The summed E-state index contributed by atoms with van der Waals surface area (Å²) in [6.45, 7) is 7.88. The molecule has 7 heteroatoms. The lowest BCUT2D eigenvalue weighted by molar-refractivity contribution is 0.219. The summed E-state index contributed by atoms with van der Waals surface area (Å²) < 4.78 is 7.95. The maximum atomic E-state index is 10.6. The molecular formula is C21H25N5O2. The third-order valence-corrected chi connectivity index (χ3v) is 4.99. The van der Waals surface area contributed by atoms with Crippen LogP contribution in [0.25, 0.3) is 11.3 Å². The Morgan fingerprint density at radius 1 is 1.21 bits per heavy atom. The van der Waals surface area contributed by atoms with E-state index >= 15 is 0 Å². The predicted molar refractivity (Wildman–Crippen MR) is 106 cm³/mol. The number of aryl methyl sites for hydroxylation is 3. The number of rotatable bonds is 5. The highest BCUT2D eigenvalue weighted by molar-refractivity contribution is 5.67. The zero-order valence-electron chi connectivity index (χ0n) is 16.3. The third-order valence-electron chi connectivity index (χ3n) is 4.99. The Labute approximate surface area is 164 Å². The van der Waals surface area contributed by atoms with E-state index in [0.29, 0.717) is 12.4 Å². The summed E-state index contributed by atoms with van der Waals surface area (Å²) >= 11 is 0. The quantitative estimate of drug-likeness (QED) is 0.735. The van der Waals surface area contributed by atoms with Crippen LogP contribution in [-0.2, 0) is 13.1 Å². The Morgan fingerprint density at radius 2 is 2.11 bits per heavy atom. The first-order valence-corrected chi connectivity index (χ1v) is 9.57. The Balaban J connectivity index is 1.55. The predicted octanol–water partition coefficient (Wildman–Crippen LogP) is 2.95. The average Bonchev–Trinajstić information content (AvgIpc) is 3.10. The highest BCUT2D eigenvalue weighted by Gasteiger charge is 2.20. The van der Waals surface area contributed by atoms with Crippen LogP contribution >= 0.6 is 0 Å². The maximum Gasteiger partial charge on any atom is 0.165 e. The molecule has 28 heavy (non-hydrogen) atoms. The van der Waals surface area contributed by atoms with E-state index in [1.807, 2.05) is 26.4 Å². The van der Waals surface area contributed by atoms with Gasteiger partial charge in [-0.3, -0.25) is 9.88 Å². The topological polar surface area (TPSA) is 76.3 Å². The lowest BCUT2D eigenvalue weighted by atomic mass is 10.0. The molecular weight excluding hydrogens is 354 g/mol. The molecule has 1 aliphatic heterocycles. The van der Waals surface area contributed by atoms with Crippen molar-refractivity contribution in [3.63, 3.8) is 0 Å². The fourth-order valence-corrected chi connectivity index (χ4v) is 3.59. The molecule has 1 N–H and O–H groups in total. The summed E-state index contributed by atoms with van der Waals surface area (Å²) in [5, 5.41) is 10.6. The number of benzene rings is 1. The number of fused-ring (bicyclic) bond motifs is 1. The van der Waals surface area contributed by atoms with Crippen molar-refractivity contribution >= 4 is 0 Å². The van der Waals surface area contributed by atoms with Gasteiger partial charge < -0.3 is 14.4 Å². The van der Waals surface area contributed by atoms with Gasteiger partial charge in [0.1, 0.15) is 6.61 Å². The number of nitrogens with zero attached hydrogens (tertiary/aromatic N) is 5. The van der Waals surface area contributed by atoms with Crippen molar-refractivity contribution in [3.05, 3.63) is 54.0 Å². The number of aromatic hydroxyl groups is 1. The largest absolute Gasteiger partial charge is 0.504 e. The van der Waals surface area contributed by atoms with Crippen molar-refractivity contribution in [1.82, 2.24) is 24.4 Å². The van der Waals surface area contributed by atoms with Crippen molar-refractivity contribution < 1.29 is 9.84 Å². The summed E-state index contributed by atoms with van der Waals surface area (Å²) in [6.07, 6.45) is 8.41. The van der Waals surface area contributed by atoms with Gasteiger partial charge in [-0.1, -0.05) is 0 Å². The van der Waals surface area contributed by atoms with Crippen LogP contribution in [-0.4, -0.2) is 49.2 Å². The van der Waals surface area contributed by atoms with Crippen molar-refractivity contribution in [2.75, 3.05) is 19.7 Å². The summed E-state index contributed by atoms with van der Waals surface area (Å²) in [7, 11) is 0. The van der Waals surface area contributed by atoms with Crippen LogP contribution in [0.3, 0.4) is 0 Å². The zero-order valence-corrected chi connectivity index (χ0v) is 16.3. The van der Waals surface area contributed by atoms with E-state index in [9.17, 15) is 5.11 Å². The van der Waals surface area contributed by atoms with Crippen molar-refractivity contribution in [2.45, 2.75) is 33.4 Å². The SMILES string of the molecule is Cc1cnc(C)c(-c2cc(O)c3c(c2)CN(CCCn2ccnc2)CCO3)n1. The van der Waals surface area contributed by atoms with Crippen LogP contribution in [0.5, 0.6) is 11.5 Å². The van der Waals surface area contributed by atoms with Crippen LogP contribution < -0.4 is 4.74 Å². The molecule has 146 valence electrons. The highest BCUT2D eigenvalue weighted by Crippen LogP contribution is 2.37. The molecule has 3 aromatic rings. The van der Waals surface area contributed by atoms with E-state index < -0.39 is 0 Å². The maximum absolute atomic E-state index is 10.6. The molecule has 0 unspecified atom stereocenters. The van der Waals surface area contributed by atoms with Crippen molar-refractivity contribution in [3.8, 4) is 22.8 Å². The van der Waals surface area contributed by atoms with E-state index in [2.05, 4.69) is 30.5 Å². The third kappa shape index (κ3) is 3.99. The molecule has 0 bridgehead atoms. The van der Waals surface area contributed by atoms with Gasteiger partial charge in [-0.2, -0.15) is 0 Å². The number of hydrogen-bond donors (Lipinski definition) is 1. The molecule has 1 aliphatic rings. The molecule has 0 saturated carbocycles. The van der Waals surface area contributed by atoms with E-state index in [-0.39, 0.29) is 5.75 Å². The summed E-state index contributed by atoms with van der Waals surface area (Å²) in [5.74, 6) is 0.745. The van der Waals surface area contributed by atoms with Gasteiger partial charge in [-0.05, 0) is 32.4 Å². The molecule has 0 amide bonds. The van der Waals surface area contributed by atoms with Gasteiger partial charge in [0.05, 0.1) is 23.4 Å². The highest BCUT2D eigenvalue weighted by atomic mass is 16.5. The minimum Gasteiger partial charge on any atom is -0.504 e. The molecule has 7 nitrogen and oxygen atoms in total. The van der Waals surface area contributed by atoms with E-state index in [1.54, 1.807) is 18.5 Å². The van der Waals surface area contributed by atoms with Gasteiger partial charge in [0.15, 0.2) is 11.5 Å². The Kier molecular flexibility index (Phi) is 5.25. The second kappa shape index (κ2) is 7.98. The fraction of sp³-hybridized carbons (Fsp3) is 0.381. The van der Waals surface area contributed by atoms with Crippen LogP contribution in [0.15, 0.2) is 37.1 Å². The Morgan fingerprint density at radius 3 is 2.93 bits per heavy atom. The number of imidazole rings is 1. The second-order valence-electron chi connectivity index (χ2n) is 7.21. The summed E-state index contributed by atoms with van der Waals surface area (Å²) in [4.78, 5) is 15.5. The fourth-order valence-electron chi connectivity index (χ4n) is 3.59. The number of phenolic OH excluding ortho intramolecular Hbond substituents is 1. The van der Waals surface area contributed by atoms with Gasteiger partial charge in [0, 0.05) is 55.9 Å². The minimum atomic E-state index is 0.162. The molecule has 0 atom stereocenters. The molecule has 1 aromatic carbocycles. The van der Waals surface area contributed by atoms with Gasteiger partial charge in [0.25, 0.3) is 0 Å². The summed E-state index contributed by atoms with van der Waals surface area (Å²) in [5.41, 5.74) is 4.35. The lowest BCUT2D eigenvalue weighted by Gasteiger charge is -2.19. The molecule has 0 fully saturated rings. The molecule has 3 heterocycles. The molecule has 0 aliphatic carbocycles. The monoisotopic (exact) mass is 379 g/mol. The normalized spacial score (nSPS) is 14.4. The number of aromatic nitrogens is 4. The minimum absolute atomic E-state index is 0.162. The van der Waals surface area contributed by atoms with Crippen molar-refractivity contribution in [2.24, 2.45) is 0 Å². The van der Waals surface area contributed by atoms with Crippen LogP contribution in [0.1, 0.15) is 23.4 Å². The molecule has 0 saturated heterocycles. The summed E-state index contributed by atoms with van der Waals surface area (Å²) in [6, 6.07) is 3.80. The number of ether oxygens (including phenoxy) is 1. The van der Waals surface area contributed by atoms with E-state index in [0.717, 1.165) is 60.8 Å². The Hall–Kier alpha value is -2.93. The number of phenols is 1. The van der Waals surface area contributed by atoms with Gasteiger partial charge in [0.2, 0.25) is 0 Å². The average molecular weight is 379 g/mol. The van der Waals surface area contributed by atoms with Crippen LogP contribution in [0.4, 0.5) is 0 Å². The first kappa shape index (κ1) is 18.4. The van der Waals surface area contributed by atoms with E-state index in [1.165, 1.54) is 0 Å². The van der Waals surface area contributed by atoms with Crippen LogP contribution in [0.2, 0.25) is 0 Å². The lowest BCUT2D eigenvalue weighted by Crippen LogP contribution is -2.27.